The Morgan fingerprint density at radius 2 is 1.62 bits per heavy atom. The fraction of sp³-hybridized carbons (Fsp3) is 0.412. The Balaban J connectivity index is 2.74. The smallest absolute Gasteiger partial charge is 0.354 e. The molecule has 0 unspecified atom stereocenters. The summed E-state index contributed by atoms with van der Waals surface area (Å²) in [4.78, 5) is 11.4. The van der Waals surface area contributed by atoms with Gasteiger partial charge in [0.15, 0.2) is 0 Å². The maximum Gasteiger partial charge on any atom is 0.354 e. The van der Waals surface area contributed by atoms with E-state index in [0.29, 0.717) is 0 Å². The van der Waals surface area contributed by atoms with E-state index in [1.807, 2.05) is 13.8 Å². The molecule has 1 aromatic heterocycles. The van der Waals surface area contributed by atoms with Gasteiger partial charge < -0.3 is 5.11 Å². The van der Waals surface area contributed by atoms with Gasteiger partial charge in [0.25, 0.3) is 0 Å². The number of hydrogen-bond donors (Lipinski definition) is 1. The highest BCUT2D eigenvalue weighted by Gasteiger charge is 2.20. The number of aryl methyl sites for hydroxylation is 2. The lowest BCUT2D eigenvalue weighted by Gasteiger charge is -2.13. The summed E-state index contributed by atoms with van der Waals surface area (Å²) in [7, 11) is 0. The van der Waals surface area contributed by atoms with Gasteiger partial charge in [0.1, 0.15) is 5.69 Å². The van der Waals surface area contributed by atoms with Crippen molar-refractivity contribution in [3.63, 3.8) is 0 Å². The molecule has 21 heavy (non-hydrogen) atoms. The monoisotopic (exact) mass is 286 g/mol. The summed E-state index contributed by atoms with van der Waals surface area (Å²) in [6.45, 7) is 12.1. The standard InChI is InChI=1S/C17H22N2O2/c1-9(2)19-15(17(20)21)8-14(18-19)16-12(5)10(3)7-11(4)13(16)6/h7-9H,1-6H3,(H,20,21). The molecule has 0 aliphatic heterocycles. The number of rotatable bonds is 3. The minimum absolute atomic E-state index is 0.0105. The van der Waals surface area contributed by atoms with E-state index in [9.17, 15) is 9.90 Å². The second-order valence-electron chi connectivity index (χ2n) is 5.89. The molecular weight excluding hydrogens is 264 g/mol. The van der Waals surface area contributed by atoms with Crippen LogP contribution >= 0.6 is 0 Å². The van der Waals surface area contributed by atoms with Crippen molar-refractivity contribution >= 4 is 5.97 Å². The SMILES string of the molecule is Cc1cc(C)c(C)c(-c2cc(C(=O)O)n(C(C)C)n2)c1C. The summed E-state index contributed by atoms with van der Waals surface area (Å²) in [6, 6.07) is 3.85. The van der Waals surface area contributed by atoms with E-state index in [1.165, 1.54) is 11.1 Å². The van der Waals surface area contributed by atoms with Crippen LogP contribution < -0.4 is 0 Å². The maximum atomic E-state index is 11.4. The van der Waals surface area contributed by atoms with Gasteiger partial charge in [-0.3, -0.25) is 4.68 Å². The molecule has 0 saturated carbocycles. The van der Waals surface area contributed by atoms with Crippen molar-refractivity contribution in [1.29, 1.82) is 0 Å². The van der Waals surface area contributed by atoms with Crippen LogP contribution in [0.3, 0.4) is 0 Å². The zero-order valence-corrected chi connectivity index (χ0v) is 13.5. The third kappa shape index (κ3) is 2.58. The van der Waals surface area contributed by atoms with Crippen LogP contribution in [0, 0.1) is 27.7 Å². The van der Waals surface area contributed by atoms with Gasteiger partial charge in [0.2, 0.25) is 0 Å². The van der Waals surface area contributed by atoms with Crippen molar-refractivity contribution in [2.45, 2.75) is 47.6 Å². The number of benzene rings is 1. The molecule has 0 aliphatic rings. The molecule has 112 valence electrons. The van der Waals surface area contributed by atoms with E-state index in [1.54, 1.807) is 10.7 Å². The predicted octanol–water partition coefficient (Wildman–Crippen LogP) is 4.06. The van der Waals surface area contributed by atoms with Crippen molar-refractivity contribution < 1.29 is 9.90 Å². The lowest BCUT2D eigenvalue weighted by molar-refractivity contribution is 0.0681. The lowest BCUT2D eigenvalue weighted by atomic mass is 9.92. The molecule has 0 aliphatic carbocycles. The number of carboxylic acids is 1. The Labute approximate surface area is 125 Å². The van der Waals surface area contributed by atoms with E-state index in [0.717, 1.165) is 22.4 Å². The van der Waals surface area contributed by atoms with Crippen LogP contribution in [0.5, 0.6) is 0 Å². The first kappa shape index (κ1) is 15.3. The molecule has 1 N–H and O–H groups in total. The van der Waals surface area contributed by atoms with Crippen molar-refractivity contribution in [2.24, 2.45) is 0 Å². The first-order valence-corrected chi connectivity index (χ1v) is 7.14. The van der Waals surface area contributed by atoms with Gasteiger partial charge in [-0.05, 0) is 69.9 Å². The average Bonchev–Trinajstić information content (AvgIpc) is 2.82. The molecular formula is C17H22N2O2. The van der Waals surface area contributed by atoms with Gasteiger partial charge in [-0.2, -0.15) is 5.10 Å². The normalized spacial score (nSPS) is 11.2. The first-order valence-electron chi connectivity index (χ1n) is 7.14. The van der Waals surface area contributed by atoms with Gasteiger partial charge in [0.05, 0.1) is 5.69 Å². The Bertz CT molecular complexity index is 686. The molecule has 0 spiro atoms. The maximum absolute atomic E-state index is 11.4. The van der Waals surface area contributed by atoms with Gasteiger partial charge in [0, 0.05) is 11.6 Å². The second-order valence-corrected chi connectivity index (χ2v) is 5.89. The van der Waals surface area contributed by atoms with E-state index < -0.39 is 5.97 Å². The van der Waals surface area contributed by atoms with Gasteiger partial charge in [-0.1, -0.05) is 6.07 Å². The summed E-state index contributed by atoms with van der Waals surface area (Å²) in [5.41, 5.74) is 6.73. The Morgan fingerprint density at radius 3 is 2.00 bits per heavy atom. The molecule has 0 atom stereocenters. The molecule has 0 radical (unpaired) electrons. The van der Waals surface area contributed by atoms with Crippen LogP contribution in [-0.2, 0) is 0 Å². The number of carbonyl (C=O) groups is 1. The van der Waals surface area contributed by atoms with Crippen LogP contribution in [-0.4, -0.2) is 20.9 Å². The van der Waals surface area contributed by atoms with Crippen molar-refractivity contribution in [2.75, 3.05) is 0 Å². The fourth-order valence-corrected chi connectivity index (χ4v) is 2.67. The predicted molar refractivity (Wildman–Crippen MR) is 84.0 cm³/mol. The van der Waals surface area contributed by atoms with Crippen molar-refractivity contribution in [1.82, 2.24) is 9.78 Å². The third-order valence-corrected chi connectivity index (χ3v) is 4.07. The van der Waals surface area contributed by atoms with Gasteiger partial charge >= 0.3 is 5.97 Å². The van der Waals surface area contributed by atoms with Crippen LogP contribution in [0.2, 0.25) is 0 Å². The minimum atomic E-state index is -0.942. The molecule has 1 heterocycles. The number of aromatic carboxylic acids is 1. The first-order chi connectivity index (χ1) is 9.73. The minimum Gasteiger partial charge on any atom is -0.477 e. The van der Waals surface area contributed by atoms with E-state index in [-0.39, 0.29) is 11.7 Å². The Morgan fingerprint density at radius 1 is 1.10 bits per heavy atom. The van der Waals surface area contributed by atoms with E-state index in [4.69, 9.17) is 0 Å². The molecule has 4 heteroatoms. The van der Waals surface area contributed by atoms with Crippen molar-refractivity contribution in [3.8, 4) is 11.3 Å². The quantitative estimate of drug-likeness (QED) is 0.925. The lowest BCUT2D eigenvalue weighted by Crippen LogP contribution is -2.11. The second kappa shape index (κ2) is 5.35. The van der Waals surface area contributed by atoms with Crippen LogP contribution in [0.1, 0.15) is 52.6 Å². The van der Waals surface area contributed by atoms with E-state index in [2.05, 4.69) is 38.9 Å². The largest absolute Gasteiger partial charge is 0.477 e. The number of aromatic nitrogens is 2. The fourth-order valence-electron chi connectivity index (χ4n) is 2.67. The average molecular weight is 286 g/mol. The number of nitrogens with zero attached hydrogens (tertiary/aromatic N) is 2. The number of hydrogen-bond acceptors (Lipinski definition) is 2. The molecule has 4 nitrogen and oxygen atoms in total. The highest BCUT2D eigenvalue weighted by molar-refractivity contribution is 5.88. The molecule has 0 fully saturated rings. The summed E-state index contributed by atoms with van der Waals surface area (Å²) in [5.74, 6) is -0.942. The van der Waals surface area contributed by atoms with Crippen LogP contribution in [0.4, 0.5) is 0 Å². The molecule has 0 amide bonds. The summed E-state index contributed by atoms with van der Waals surface area (Å²) in [5, 5.41) is 13.9. The van der Waals surface area contributed by atoms with Gasteiger partial charge in [-0.25, -0.2) is 4.79 Å². The molecule has 2 aromatic rings. The molecule has 0 bridgehead atoms. The number of carboxylic acid groups (broad SMARTS) is 1. The Hall–Kier alpha value is -2.10. The molecule has 0 saturated heterocycles. The van der Waals surface area contributed by atoms with Crippen LogP contribution in [0.15, 0.2) is 12.1 Å². The summed E-state index contributed by atoms with van der Waals surface area (Å²) >= 11 is 0. The third-order valence-electron chi connectivity index (χ3n) is 4.07. The van der Waals surface area contributed by atoms with Crippen LogP contribution in [0.25, 0.3) is 11.3 Å². The zero-order valence-electron chi connectivity index (χ0n) is 13.5. The zero-order chi connectivity index (χ0) is 15.9. The summed E-state index contributed by atoms with van der Waals surface area (Å²) in [6.07, 6.45) is 0. The summed E-state index contributed by atoms with van der Waals surface area (Å²) < 4.78 is 1.58. The van der Waals surface area contributed by atoms with E-state index >= 15 is 0 Å². The van der Waals surface area contributed by atoms with Gasteiger partial charge in [-0.15, -0.1) is 0 Å². The topological polar surface area (TPSA) is 55.1 Å². The highest BCUT2D eigenvalue weighted by Crippen LogP contribution is 2.31. The highest BCUT2D eigenvalue weighted by atomic mass is 16.4. The Kier molecular flexibility index (Phi) is 3.90. The molecule has 1 aromatic carbocycles. The van der Waals surface area contributed by atoms with Crippen molar-refractivity contribution in [3.05, 3.63) is 40.1 Å². The molecule has 2 rings (SSSR count).